The van der Waals surface area contributed by atoms with Gasteiger partial charge in [0.1, 0.15) is 0 Å². The van der Waals surface area contributed by atoms with Gasteiger partial charge >= 0.3 is 81.0 Å². The van der Waals surface area contributed by atoms with Gasteiger partial charge in [-0.05, 0) is 0 Å². The van der Waals surface area contributed by atoms with Crippen molar-refractivity contribution in [3.8, 4) is 0 Å². The average Bonchev–Trinajstić information content (AvgIpc) is 2.16. The van der Waals surface area contributed by atoms with Gasteiger partial charge < -0.3 is 0 Å². The van der Waals surface area contributed by atoms with Gasteiger partial charge in [-0.1, -0.05) is 0 Å². The predicted octanol–water partition coefficient (Wildman–Crippen LogP) is 4.21. The van der Waals surface area contributed by atoms with E-state index in [1.54, 1.807) is 0 Å². The van der Waals surface area contributed by atoms with E-state index in [0.717, 1.165) is 14.1 Å². The molecule has 0 aromatic rings. The van der Waals surface area contributed by atoms with Gasteiger partial charge in [0.05, 0.1) is 0 Å². The van der Waals surface area contributed by atoms with Crippen LogP contribution in [-0.2, 0) is 0 Å². The molecule has 1 saturated heterocycles. The van der Waals surface area contributed by atoms with Crippen molar-refractivity contribution < 1.29 is 16.8 Å². The van der Waals surface area contributed by atoms with E-state index in [1.165, 1.54) is 13.8 Å². The molecule has 0 amide bonds. The quantitative estimate of drug-likeness (QED) is 0.538. The molecule has 1 fully saturated rings. The van der Waals surface area contributed by atoms with Crippen LogP contribution in [-0.4, -0.2) is 35.3 Å². The molecular weight excluding hydrogens is 238 g/mol. The maximum atomic E-state index is 13.9. The average molecular weight is 254 g/mol. The molecule has 0 aliphatic carbocycles. The second kappa shape index (κ2) is 2.60. The molecule has 1 heterocycles. The first kappa shape index (κ1) is 12.6. The summed E-state index contributed by atoms with van der Waals surface area (Å²) >= 11 is 0. The third-order valence-corrected chi connectivity index (χ3v) is 13.9. The summed E-state index contributed by atoms with van der Waals surface area (Å²) in [4.78, 5) is 0. The Morgan fingerprint density at radius 3 is 1.14 bits per heavy atom. The molecule has 0 radical (unpaired) electrons. The molecule has 2 nitrogen and oxygen atoms in total. The monoisotopic (exact) mass is 254 g/mol. The van der Waals surface area contributed by atoms with Crippen LogP contribution in [0.15, 0.2) is 0 Å². The Morgan fingerprint density at radius 2 is 1.00 bits per heavy atom. The first-order valence-electron chi connectivity index (χ1n) is 4.42. The Balaban J connectivity index is 3.21. The van der Waals surface area contributed by atoms with Gasteiger partial charge in [-0.15, -0.1) is 0 Å². The summed E-state index contributed by atoms with van der Waals surface area (Å²) in [7, 11) is -9.08. The molecular formula is C6H16F4N2P2. The molecule has 1 aliphatic rings. The summed E-state index contributed by atoms with van der Waals surface area (Å²) in [6.45, 7) is 2.52. The Hall–Kier alpha value is 0.500. The second-order valence-electron chi connectivity index (χ2n) is 3.57. The van der Waals surface area contributed by atoms with Crippen LogP contribution in [0.4, 0.5) is 16.8 Å². The molecule has 0 aromatic carbocycles. The summed E-state index contributed by atoms with van der Waals surface area (Å²) in [5.41, 5.74) is 0. The minimum absolute atomic E-state index is 0.122. The van der Waals surface area contributed by atoms with Crippen LogP contribution in [0.3, 0.4) is 0 Å². The molecule has 0 atom stereocenters. The Morgan fingerprint density at radius 1 is 0.786 bits per heavy atom. The fraction of sp³-hybridized carbons (Fsp3) is 1.00. The Labute approximate surface area is 81.8 Å². The Kier molecular flexibility index (Phi) is 2.33. The molecule has 1 aliphatic heterocycles. The molecule has 0 aromatic heterocycles. The summed E-state index contributed by atoms with van der Waals surface area (Å²) in [5.74, 6) is 0. The van der Waals surface area contributed by atoms with Gasteiger partial charge in [-0.3, -0.25) is 0 Å². The van der Waals surface area contributed by atoms with E-state index in [4.69, 9.17) is 0 Å². The van der Waals surface area contributed by atoms with E-state index in [9.17, 15) is 16.8 Å². The minimum atomic E-state index is -5.40. The number of nitrogens with zero attached hydrogens (tertiary/aromatic N) is 2. The molecule has 0 saturated carbocycles. The Bertz CT molecular complexity index is 239. The molecule has 0 N–H and O–H groups in total. The zero-order valence-corrected chi connectivity index (χ0v) is 10.5. The van der Waals surface area contributed by atoms with Crippen molar-refractivity contribution in [1.82, 2.24) is 8.88 Å². The third-order valence-electron chi connectivity index (χ3n) is 3.26. The van der Waals surface area contributed by atoms with E-state index in [-0.39, 0.29) is 8.88 Å². The van der Waals surface area contributed by atoms with Gasteiger partial charge in [0, 0.05) is 0 Å². The molecule has 14 heavy (non-hydrogen) atoms. The fourth-order valence-electron chi connectivity index (χ4n) is 1.81. The molecule has 0 unspecified atom stereocenters. The van der Waals surface area contributed by atoms with E-state index in [0.29, 0.717) is 0 Å². The molecule has 88 valence electrons. The van der Waals surface area contributed by atoms with Crippen molar-refractivity contribution in [2.75, 3.05) is 26.4 Å². The number of halogens is 4. The number of hydrogen-bond acceptors (Lipinski definition) is 2. The molecule has 0 spiro atoms. The van der Waals surface area contributed by atoms with Crippen LogP contribution < -0.4 is 0 Å². The summed E-state index contributed by atoms with van der Waals surface area (Å²) in [6, 6.07) is 0. The van der Waals surface area contributed by atoms with Gasteiger partial charge in [-0.2, -0.15) is 0 Å². The van der Waals surface area contributed by atoms with Crippen molar-refractivity contribution in [2.24, 2.45) is 0 Å². The first-order valence-corrected chi connectivity index (χ1v) is 8.63. The van der Waals surface area contributed by atoms with Crippen LogP contribution in [0.1, 0.15) is 13.8 Å². The zero-order valence-electron chi connectivity index (χ0n) is 8.71. The van der Waals surface area contributed by atoms with Gasteiger partial charge in [0.2, 0.25) is 0 Å². The number of hydrogen-bond donors (Lipinski definition) is 0. The standard InChI is InChI=1S/C6H16F4N2P2/c1-5-13(7,8)11(3)14(9,10,6-2)12(13)4/h5-6H2,1-4H3. The zero-order chi connectivity index (χ0) is 11.5. The summed E-state index contributed by atoms with van der Waals surface area (Å²) in [5, 5.41) is 0. The maximum absolute atomic E-state index is 13.9. The van der Waals surface area contributed by atoms with Crippen molar-refractivity contribution in [3.63, 3.8) is 0 Å². The van der Waals surface area contributed by atoms with Crippen molar-refractivity contribution in [2.45, 2.75) is 13.8 Å². The van der Waals surface area contributed by atoms with E-state index >= 15 is 0 Å². The van der Waals surface area contributed by atoms with Gasteiger partial charge in [-0.25, -0.2) is 0 Å². The number of rotatable bonds is 2. The normalized spacial score (nSPS) is 39.7. The van der Waals surface area contributed by atoms with E-state index in [2.05, 4.69) is 0 Å². The van der Waals surface area contributed by atoms with Crippen LogP contribution in [0, 0.1) is 0 Å². The summed E-state index contributed by atoms with van der Waals surface area (Å²) < 4.78 is 55.9. The molecule has 1 rings (SSSR count). The second-order valence-corrected chi connectivity index (χ2v) is 11.8. The molecule has 8 heteroatoms. The predicted molar refractivity (Wildman–Crippen MR) is 54.9 cm³/mol. The summed E-state index contributed by atoms with van der Waals surface area (Å²) in [6.07, 6.45) is -1.02. The van der Waals surface area contributed by atoms with E-state index in [1.807, 2.05) is 0 Å². The van der Waals surface area contributed by atoms with E-state index < -0.39 is 27.4 Å². The third kappa shape index (κ3) is 1.01. The topological polar surface area (TPSA) is 6.48 Å². The van der Waals surface area contributed by atoms with Crippen molar-refractivity contribution in [3.05, 3.63) is 0 Å². The van der Waals surface area contributed by atoms with Crippen LogP contribution >= 0.6 is 15.1 Å². The van der Waals surface area contributed by atoms with Gasteiger partial charge in [0.15, 0.2) is 0 Å². The molecule has 0 bridgehead atoms. The fourth-order valence-corrected chi connectivity index (χ4v) is 11.9. The van der Waals surface area contributed by atoms with Crippen molar-refractivity contribution >= 4 is 15.1 Å². The van der Waals surface area contributed by atoms with Crippen LogP contribution in [0.5, 0.6) is 0 Å². The van der Waals surface area contributed by atoms with Crippen molar-refractivity contribution in [1.29, 1.82) is 0 Å². The van der Waals surface area contributed by atoms with Gasteiger partial charge in [0.25, 0.3) is 0 Å². The SMILES string of the molecule is CCP1(F)(F)N(C)P(F)(F)(CC)N1C. The van der Waals surface area contributed by atoms with Crippen LogP contribution in [0.2, 0.25) is 0 Å². The first-order chi connectivity index (χ1) is 6.02. The van der Waals surface area contributed by atoms with Crippen LogP contribution in [0.25, 0.3) is 0 Å².